The van der Waals surface area contributed by atoms with Crippen LogP contribution in [0.25, 0.3) is 0 Å². The molecule has 1 amide bonds. The van der Waals surface area contributed by atoms with Gasteiger partial charge in [0, 0.05) is 11.6 Å². The lowest BCUT2D eigenvalue weighted by Crippen LogP contribution is -2.49. The first-order valence-corrected chi connectivity index (χ1v) is 6.30. The second kappa shape index (κ2) is 6.04. The van der Waals surface area contributed by atoms with Gasteiger partial charge in [-0.3, -0.25) is 4.79 Å². The Bertz CT molecular complexity index is 491. The number of morpholine rings is 1. The number of carboxylic acids is 1. The van der Waals surface area contributed by atoms with Gasteiger partial charge in [0.15, 0.2) is 6.10 Å². The summed E-state index contributed by atoms with van der Waals surface area (Å²) in [5.41, 5.74) is 0.816. The van der Waals surface area contributed by atoms with Crippen LogP contribution in [-0.4, -0.2) is 47.7 Å². The van der Waals surface area contributed by atoms with Crippen LogP contribution in [0.4, 0.5) is 0 Å². The first kappa shape index (κ1) is 13.8. The van der Waals surface area contributed by atoms with E-state index in [0.717, 1.165) is 5.56 Å². The van der Waals surface area contributed by atoms with Crippen molar-refractivity contribution in [3.8, 4) is 0 Å². The number of hydrogen-bond acceptors (Lipinski definition) is 3. The molecule has 1 aromatic rings. The molecule has 5 nitrogen and oxygen atoms in total. The molecule has 1 aliphatic heterocycles. The van der Waals surface area contributed by atoms with Gasteiger partial charge in [-0.15, -0.1) is 0 Å². The summed E-state index contributed by atoms with van der Waals surface area (Å²) in [5.74, 6) is -1.16. The molecule has 0 aromatic heterocycles. The number of nitrogens with zero attached hydrogens (tertiary/aromatic N) is 1. The topological polar surface area (TPSA) is 66.8 Å². The zero-order valence-corrected chi connectivity index (χ0v) is 11.0. The quantitative estimate of drug-likeness (QED) is 0.905. The lowest BCUT2D eigenvalue weighted by molar-refractivity contribution is -0.159. The highest BCUT2D eigenvalue weighted by atomic mass is 35.5. The number of amides is 1. The molecule has 1 unspecified atom stereocenters. The van der Waals surface area contributed by atoms with Gasteiger partial charge in [0.25, 0.3) is 0 Å². The summed E-state index contributed by atoms with van der Waals surface area (Å²) in [6, 6.07) is 7.07. The van der Waals surface area contributed by atoms with Crippen LogP contribution in [0.15, 0.2) is 24.3 Å². The smallest absolute Gasteiger partial charge is 0.334 e. The molecule has 0 bridgehead atoms. The van der Waals surface area contributed by atoms with Crippen LogP contribution in [0.1, 0.15) is 5.56 Å². The van der Waals surface area contributed by atoms with Crippen molar-refractivity contribution < 1.29 is 19.4 Å². The van der Waals surface area contributed by atoms with E-state index in [1.165, 1.54) is 4.90 Å². The number of rotatable bonds is 3. The van der Waals surface area contributed by atoms with Gasteiger partial charge in [0.05, 0.1) is 19.6 Å². The third kappa shape index (κ3) is 3.68. The van der Waals surface area contributed by atoms with E-state index in [2.05, 4.69) is 0 Å². The molecule has 1 fully saturated rings. The molecule has 102 valence electrons. The van der Waals surface area contributed by atoms with Crippen molar-refractivity contribution >= 4 is 23.5 Å². The summed E-state index contributed by atoms with van der Waals surface area (Å²) in [4.78, 5) is 24.4. The molecular formula is C13H14ClNO4. The monoisotopic (exact) mass is 283 g/mol. The Kier molecular flexibility index (Phi) is 4.39. The third-order valence-corrected chi connectivity index (χ3v) is 3.17. The molecule has 1 N–H and O–H groups in total. The van der Waals surface area contributed by atoms with Gasteiger partial charge in [0.2, 0.25) is 5.91 Å². The molecule has 1 aromatic carbocycles. The fourth-order valence-corrected chi connectivity index (χ4v) is 2.17. The van der Waals surface area contributed by atoms with E-state index < -0.39 is 12.1 Å². The van der Waals surface area contributed by atoms with Gasteiger partial charge < -0.3 is 14.7 Å². The summed E-state index contributed by atoms with van der Waals surface area (Å²) >= 11 is 5.86. The van der Waals surface area contributed by atoms with E-state index >= 15 is 0 Å². The summed E-state index contributed by atoms with van der Waals surface area (Å²) < 4.78 is 5.07. The van der Waals surface area contributed by atoms with Crippen molar-refractivity contribution in [1.82, 2.24) is 4.90 Å². The molecule has 1 saturated heterocycles. The number of hydrogen-bond donors (Lipinski definition) is 1. The molecule has 0 aliphatic carbocycles. The normalized spacial score (nSPS) is 19.2. The van der Waals surface area contributed by atoms with Crippen molar-refractivity contribution in [2.24, 2.45) is 0 Å². The molecule has 1 aliphatic rings. The number of aliphatic carboxylic acids is 1. The van der Waals surface area contributed by atoms with Crippen LogP contribution in [0, 0.1) is 0 Å². The molecule has 6 heteroatoms. The standard InChI is InChI=1S/C13H14ClNO4/c14-10-3-1-2-9(6-10)7-12(16)15-4-5-19-11(8-15)13(17)18/h1-3,6,11H,4-5,7-8H2,(H,17,18). The summed E-state index contributed by atoms with van der Waals surface area (Å²) in [5, 5.41) is 9.46. The molecular weight excluding hydrogens is 270 g/mol. The zero-order chi connectivity index (χ0) is 13.8. The van der Waals surface area contributed by atoms with Crippen molar-refractivity contribution in [3.63, 3.8) is 0 Å². The lowest BCUT2D eigenvalue weighted by Gasteiger charge is -2.31. The predicted octanol–water partition coefficient (Wildman–Crippen LogP) is 1.19. The second-order valence-electron chi connectivity index (χ2n) is 4.34. The highest BCUT2D eigenvalue weighted by Gasteiger charge is 2.28. The SMILES string of the molecule is O=C(O)C1CN(C(=O)Cc2cccc(Cl)c2)CCO1. The van der Waals surface area contributed by atoms with Crippen LogP contribution >= 0.6 is 11.6 Å². The number of carboxylic acid groups (broad SMARTS) is 1. The Labute approximate surface area is 115 Å². The van der Waals surface area contributed by atoms with Gasteiger partial charge in [-0.2, -0.15) is 0 Å². The Balaban J connectivity index is 1.98. The highest BCUT2D eigenvalue weighted by Crippen LogP contribution is 2.13. The molecule has 19 heavy (non-hydrogen) atoms. The zero-order valence-electron chi connectivity index (χ0n) is 10.2. The van der Waals surface area contributed by atoms with Gasteiger partial charge in [-0.05, 0) is 17.7 Å². The van der Waals surface area contributed by atoms with E-state index in [-0.39, 0.29) is 25.5 Å². The maximum atomic E-state index is 12.1. The fraction of sp³-hybridized carbons (Fsp3) is 0.385. The van der Waals surface area contributed by atoms with Crippen molar-refractivity contribution in [2.75, 3.05) is 19.7 Å². The number of benzene rings is 1. The van der Waals surface area contributed by atoms with E-state index in [1.807, 2.05) is 6.07 Å². The van der Waals surface area contributed by atoms with Crippen LogP contribution in [0.2, 0.25) is 5.02 Å². The summed E-state index contributed by atoms with van der Waals surface area (Å²) in [6.45, 7) is 0.760. The van der Waals surface area contributed by atoms with Gasteiger partial charge in [-0.1, -0.05) is 23.7 Å². The van der Waals surface area contributed by atoms with Crippen molar-refractivity contribution in [3.05, 3.63) is 34.9 Å². The van der Waals surface area contributed by atoms with Crippen molar-refractivity contribution in [2.45, 2.75) is 12.5 Å². The van der Waals surface area contributed by atoms with Crippen molar-refractivity contribution in [1.29, 1.82) is 0 Å². The minimum absolute atomic E-state index is 0.0920. The fourth-order valence-electron chi connectivity index (χ4n) is 1.96. The van der Waals surface area contributed by atoms with Crippen LogP contribution < -0.4 is 0 Å². The molecule has 0 spiro atoms. The molecule has 0 radical (unpaired) electrons. The van der Waals surface area contributed by atoms with Gasteiger partial charge in [0.1, 0.15) is 0 Å². The summed E-state index contributed by atoms with van der Waals surface area (Å²) in [7, 11) is 0. The first-order chi connectivity index (χ1) is 9.06. The Morgan fingerprint density at radius 3 is 2.95 bits per heavy atom. The Morgan fingerprint density at radius 2 is 2.26 bits per heavy atom. The van der Waals surface area contributed by atoms with Gasteiger partial charge >= 0.3 is 5.97 Å². The predicted molar refractivity (Wildman–Crippen MR) is 69.1 cm³/mol. The third-order valence-electron chi connectivity index (χ3n) is 2.94. The molecule has 1 heterocycles. The largest absolute Gasteiger partial charge is 0.479 e. The minimum Gasteiger partial charge on any atom is -0.479 e. The number of carbonyl (C=O) groups excluding carboxylic acids is 1. The van der Waals surface area contributed by atoms with Crippen LogP contribution in [0.5, 0.6) is 0 Å². The minimum atomic E-state index is -1.04. The van der Waals surface area contributed by atoms with E-state index in [4.69, 9.17) is 21.4 Å². The average molecular weight is 284 g/mol. The highest BCUT2D eigenvalue weighted by molar-refractivity contribution is 6.30. The summed E-state index contributed by atoms with van der Waals surface area (Å²) in [6.07, 6.45) is -0.718. The first-order valence-electron chi connectivity index (χ1n) is 5.93. The number of halogens is 1. The molecule has 0 saturated carbocycles. The van der Waals surface area contributed by atoms with Crippen LogP contribution in [-0.2, 0) is 20.7 Å². The van der Waals surface area contributed by atoms with E-state index in [1.54, 1.807) is 18.2 Å². The second-order valence-corrected chi connectivity index (χ2v) is 4.78. The van der Waals surface area contributed by atoms with E-state index in [9.17, 15) is 9.59 Å². The van der Waals surface area contributed by atoms with Crippen LogP contribution in [0.3, 0.4) is 0 Å². The lowest BCUT2D eigenvalue weighted by atomic mass is 10.1. The van der Waals surface area contributed by atoms with E-state index in [0.29, 0.717) is 11.6 Å². The Morgan fingerprint density at radius 1 is 1.47 bits per heavy atom. The van der Waals surface area contributed by atoms with Gasteiger partial charge in [-0.25, -0.2) is 4.79 Å². The number of ether oxygens (including phenoxy) is 1. The molecule has 1 atom stereocenters. The Hall–Kier alpha value is -1.59. The average Bonchev–Trinajstić information content (AvgIpc) is 2.39. The number of carbonyl (C=O) groups is 2. The molecule has 2 rings (SSSR count). The maximum absolute atomic E-state index is 12.1. The maximum Gasteiger partial charge on any atom is 0.334 e.